The van der Waals surface area contributed by atoms with Crippen LogP contribution < -0.4 is 4.74 Å². The first kappa shape index (κ1) is 23.1. The quantitative estimate of drug-likeness (QED) is 0.617. The normalized spacial score (nSPS) is 33.4. The number of fused-ring (bicyclic) bond motifs is 2. The van der Waals surface area contributed by atoms with Gasteiger partial charge in [0.15, 0.2) is 0 Å². The molecule has 6 nitrogen and oxygen atoms in total. The minimum atomic E-state index is -1.26. The zero-order chi connectivity index (χ0) is 23.2. The van der Waals surface area contributed by atoms with Crippen molar-refractivity contribution in [3.8, 4) is 5.75 Å². The van der Waals surface area contributed by atoms with Crippen LogP contribution in [-0.2, 0) is 27.9 Å². The van der Waals surface area contributed by atoms with Crippen molar-refractivity contribution in [1.82, 2.24) is 0 Å². The number of hydrogen-bond donors (Lipinski definition) is 3. The van der Waals surface area contributed by atoms with E-state index >= 15 is 0 Å². The van der Waals surface area contributed by atoms with Crippen molar-refractivity contribution in [2.45, 2.75) is 75.1 Å². The molecule has 2 aromatic rings. The van der Waals surface area contributed by atoms with E-state index in [2.05, 4.69) is 0 Å². The molecule has 1 spiro atoms. The minimum Gasteiger partial charge on any atom is -0.488 e. The first-order valence-corrected chi connectivity index (χ1v) is 12.2. The van der Waals surface area contributed by atoms with Crippen LogP contribution in [0, 0.1) is 0 Å². The molecule has 1 aliphatic carbocycles. The van der Waals surface area contributed by atoms with E-state index in [-0.39, 0.29) is 6.10 Å². The van der Waals surface area contributed by atoms with Gasteiger partial charge in [-0.05, 0) is 66.1 Å². The van der Waals surface area contributed by atoms with Gasteiger partial charge in [-0.2, -0.15) is 0 Å². The molecule has 0 unspecified atom stereocenters. The van der Waals surface area contributed by atoms with Crippen LogP contribution in [0.1, 0.15) is 48.4 Å². The highest BCUT2D eigenvalue weighted by molar-refractivity contribution is 6.31. The molecule has 2 aliphatic heterocycles. The van der Waals surface area contributed by atoms with Gasteiger partial charge in [-0.25, -0.2) is 0 Å². The largest absolute Gasteiger partial charge is 0.488 e. The average Bonchev–Trinajstić information content (AvgIpc) is 3.45. The maximum absolute atomic E-state index is 11.0. The van der Waals surface area contributed by atoms with Crippen LogP contribution in [0.25, 0.3) is 0 Å². The number of aliphatic hydroxyl groups is 3. The van der Waals surface area contributed by atoms with Crippen molar-refractivity contribution < 1.29 is 29.5 Å². The molecular weight excluding hydrogens is 444 g/mol. The summed E-state index contributed by atoms with van der Waals surface area (Å²) in [4.78, 5) is 0. The second kappa shape index (κ2) is 9.17. The molecule has 3 N–H and O–H groups in total. The lowest BCUT2D eigenvalue weighted by atomic mass is 9.79. The molecule has 0 radical (unpaired) electrons. The topological polar surface area (TPSA) is 88.4 Å². The summed E-state index contributed by atoms with van der Waals surface area (Å²) in [5, 5.41) is 32.5. The standard InChI is InChI=1S/C26H31ClO6/c1-2-22-23(28)24(29)25(30)26(33-22)9-7-16-13-21(27)17(12-20(16)26)11-15-3-5-18(6-4-15)32-19-8-10-31-14-19/h3-6,12-13,19,22-25,28-30H,2,7-11,14H2,1H3/t19-,22+,23+,24-,25+,26-/m0/s1. The Balaban J connectivity index is 1.40. The maximum atomic E-state index is 11.0. The number of aliphatic hydroxyl groups excluding tert-OH is 3. The van der Waals surface area contributed by atoms with Crippen molar-refractivity contribution in [1.29, 1.82) is 0 Å². The van der Waals surface area contributed by atoms with Gasteiger partial charge in [-0.1, -0.05) is 36.7 Å². The first-order valence-electron chi connectivity index (χ1n) is 11.8. The monoisotopic (exact) mass is 474 g/mol. The summed E-state index contributed by atoms with van der Waals surface area (Å²) in [6, 6.07) is 12.0. The van der Waals surface area contributed by atoms with E-state index in [1.54, 1.807) is 0 Å². The van der Waals surface area contributed by atoms with Gasteiger partial charge in [0.1, 0.15) is 35.8 Å². The zero-order valence-corrected chi connectivity index (χ0v) is 19.5. The van der Waals surface area contributed by atoms with Crippen LogP contribution in [0.3, 0.4) is 0 Å². The van der Waals surface area contributed by atoms with Crippen LogP contribution in [0.15, 0.2) is 36.4 Å². The molecule has 0 aromatic heterocycles. The molecule has 33 heavy (non-hydrogen) atoms. The first-order chi connectivity index (χ1) is 15.9. The van der Waals surface area contributed by atoms with E-state index in [1.807, 2.05) is 43.3 Å². The van der Waals surface area contributed by atoms with E-state index in [1.165, 1.54) is 0 Å². The summed E-state index contributed by atoms with van der Waals surface area (Å²) >= 11 is 6.64. The Morgan fingerprint density at radius 1 is 1.12 bits per heavy atom. The molecule has 2 aromatic carbocycles. The Hall–Kier alpha value is -1.67. The van der Waals surface area contributed by atoms with Gasteiger partial charge in [-0.3, -0.25) is 0 Å². The lowest BCUT2D eigenvalue weighted by Gasteiger charge is -2.48. The summed E-state index contributed by atoms with van der Waals surface area (Å²) in [5.74, 6) is 0.824. The smallest absolute Gasteiger partial charge is 0.124 e. The molecule has 3 aliphatic rings. The van der Waals surface area contributed by atoms with Gasteiger partial charge in [-0.15, -0.1) is 0 Å². The molecule has 2 fully saturated rings. The maximum Gasteiger partial charge on any atom is 0.124 e. The molecule has 2 saturated heterocycles. The summed E-state index contributed by atoms with van der Waals surface area (Å²) in [6.07, 6.45) is -0.684. The number of benzene rings is 2. The van der Waals surface area contributed by atoms with E-state index in [0.717, 1.165) is 41.0 Å². The summed E-state index contributed by atoms with van der Waals surface area (Å²) in [5.41, 5.74) is 2.86. The molecule has 178 valence electrons. The third-order valence-corrected chi connectivity index (χ3v) is 7.65. The second-order valence-corrected chi connectivity index (χ2v) is 9.81. The van der Waals surface area contributed by atoms with Crippen LogP contribution in [-0.4, -0.2) is 59.1 Å². The highest BCUT2D eigenvalue weighted by Gasteiger charge is 2.56. The Kier molecular flexibility index (Phi) is 6.42. The van der Waals surface area contributed by atoms with Crippen molar-refractivity contribution in [3.63, 3.8) is 0 Å². The lowest BCUT2D eigenvalue weighted by molar-refractivity contribution is -0.273. The van der Waals surface area contributed by atoms with Crippen molar-refractivity contribution in [3.05, 3.63) is 63.7 Å². The third kappa shape index (κ3) is 4.18. The van der Waals surface area contributed by atoms with Crippen LogP contribution in [0.5, 0.6) is 5.75 Å². The molecule has 5 rings (SSSR count). The molecule has 0 bridgehead atoms. The van der Waals surface area contributed by atoms with Crippen LogP contribution >= 0.6 is 11.6 Å². The Labute approximate surface area is 199 Å². The molecule has 0 saturated carbocycles. The lowest BCUT2D eigenvalue weighted by Crippen LogP contribution is -2.61. The minimum absolute atomic E-state index is 0.112. The molecule has 0 amide bonds. The average molecular weight is 475 g/mol. The van der Waals surface area contributed by atoms with Gasteiger partial charge in [0, 0.05) is 11.4 Å². The number of halogens is 1. The van der Waals surface area contributed by atoms with Crippen LogP contribution in [0.2, 0.25) is 5.02 Å². The van der Waals surface area contributed by atoms with E-state index in [9.17, 15) is 15.3 Å². The molecular formula is C26H31ClO6. The highest BCUT2D eigenvalue weighted by Crippen LogP contribution is 2.49. The zero-order valence-electron chi connectivity index (χ0n) is 18.7. The van der Waals surface area contributed by atoms with Gasteiger partial charge in [0.2, 0.25) is 0 Å². The third-order valence-electron chi connectivity index (χ3n) is 7.30. The number of hydrogen-bond acceptors (Lipinski definition) is 6. The summed E-state index contributed by atoms with van der Waals surface area (Å²) < 4.78 is 17.6. The summed E-state index contributed by atoms with van der Waals surface area (Å²) in [7, 11) is 0. The number of rotatable bonds is 5. The van der Waals surface area contributed by atoms with Gasteiger partial charge < -0.3 is 29.5 Å². The predicted octanol–water partition coefficient (Wildman–Crippen LogP) is 3.13. The van der Waals surface area contributed by atoms with E-state index < -0.39 is 30.0 Å². The highest BCUT2D eigenvalue weighted by atomic mass is 35.5. The van der Waals surface area contributed by atoms with Crippen molar-refractivity contribution in [2.75, 3.05) is 13.2 Å². The Morgan fingerprint density at radius 2 is 1.91 bits per heavy atom. The molecule has 6 atom stereocenters. The SMILES string of the molecule is CC[C@H]1O[C@]2(CCc3cc(Cl)c(Cc4ccc(O[C@H]5CCOC5)cc4)cc32)[C@H](O)[C@@H](O)[C@@H]1O. The molecule has 7 heteroatoms. The van der Waals surface area contributed by atoms with Gasteiger partial charge in [0.25, 0.3) is 0 Å². The fraction of sp³-hybridized carbons (Fsp3) is 0.538. The second-order valence-electron chi connectivity index (χ2n) is 9.41. The predicted molar refractivity (Wildman–Crippen MR) is 124 cm³/mol. The van der Waals surface area contributed by atoms with Gasteiger partial charge >= 0.3 is 0 Å². The van der Waals surface area contributed by atoms with Crippen molar-refractivity contribution >= 4 is 11.6 Å². The van der Waals surface area contributed by atoms with Gasteiger partial charge in [0.05, 0.1) is 19.3 Å². The number of aryl methyl sites for hydroxylation is 1. The van der Waals surface area contributed by atoms with Crippen LogP contribution in [0.4, 0.5) is 0 Å². The summed E-state index contributed by atoms with van der Waals surface area (Å²) in [6.45, 7) is 3.28. The molecule has 2 heterocycles. The fourth-order valence-corrected chi connectivity index (χ4v) is 5.65. The Bertz CT molecular complexity index is 987. The van der Waals surface area contributed by atoms with Crippen molar-refractivity contribution in [2.24, 2.45) is 0 Å². The number of ether oxygens (including phenoxy) is 3. The van der Waals surface area contributed by atoms with E-state index in [4.69, 9.17) is 25.8 Å². The Morgan fingerprint density at radius 3 is 2.61 bits per heavy atom. The fourth-order valence-electron chi connectivity index (χ4n) is 5.40. The van der Waals surface area contributed by atoms with E-state index in [0.29, 0.717) is 37.3 Å².